The van der Waals surface area contributed by atoms with Crippen LogP contribution in [0, 0.1) is 0 Å². The Hall–Kier alpha value is -0.120. The minimum absolute atomic E-state index is 0.171. The molecule has 0 bridgehead atoms. The van der Waals surface area contributed by atoms with Crippen molar-refractivity contribution in [2.45, 2.75) is 38.8 Å². The van der Waals surface area contributed by atoms with Crippen LogP contribution < -0.4 is 5.48 Å². The molecule has 0 radical (unpaired) electrons. The van der Waals surface area contributed by atoms with Gasteiger partial charge in [-0.15, -0.1) is 0 Å². The number of aliphatic hydroxyl groups excluding tert-OH is 1. The summed E-state index contributed by atoms with van der Waals surface area (Å²) in [6, 6.07) is -0.171. The molecule has 3 heteroatoms. The van der Waals surface area contributed by atoms with Gasteiger partial charge in [-0.3, -0.25) is 0 Å². The molecule has 0 aromatic carbocycles. The van der Waals surface area contributed by atoms with Crippen LogP contribution in [0.4, 0.5) is 0 Å². The van der Waals surface area contributed by atoms with Gasteiger partial charge in [0.15, 0.2) is 0 Å². The fourth-order valence-corrected chi connectivity index (χ4v) is 0.725. The summed E-state index contributed by atoms with van der Waals surface area (Å²) in [6.07, 6.45) is 1.28. The third kappa shape index (κ3) is 3.46. The summed E-state index contributed by atoms with van der Waals surface area (Å²) >= 11 is 0. The third-order valence-electron chi connectivity index (χ3n) is 1.35. The molecular formula is C6H15NO2. The van der Waals surface area contributed by atoms with Crippen LogP contribution in [0.2, 0.25) is 0 Å². The molecule has 0 saturated heterocycles. The Morgan fingerprint density at radius 2 is 2.11 bits per heavy atom. The van der Waals surface area contributed by atoms with Crippen LogP contribution in [-0.4, -0.2) is 22.5 Å². The molecule has 3 N–H and O–H groups in total. The van der Waals surface area contributed by atoms with E-state index in [1.54, 1.807) is 6.92 Å². The average Bonchev–Trinajstić information content (AvgIpc) is 1.82. The van der Waals surface area contributed by atoms with Gasteiger partial charge in [0, 0.05) is 0 Å². The highest BCUT2D eigenvalue weighted by atomic mass is 16.5. The van der Waals surface area contributed by atoms with Crippen molar-refractivity contribution in [1.29, 1.82) is 0 Å². The fourth-order valence-electron chi connectivity index (χ4n) is 0.725. The quantitative estimate of drug-likeness (QED) is 0.490. The number of rotatable bonds is 4. The molecule has 0 saturated carbocycles. The van der Waals surface area contributed by atoms with Crippen molar-refractivity contribution < 1.29 is 10.3 Å². The number of hydroxylamine groups is 1. The zero-order valence-electron chi connectivity index (χ0n) is 5.96. The van der Waals surface area contributed by atoms with Crippen LogP contribution in [0.5, 0.6) is 0 Å². The van der Waals surface area contributed by atoms with Crippen LogP contribution in [0.15, 0.2) is 0 Å². The molecule has 0 heterocycles. The maximum Gasteiger partial charge on any atom is 0.0687 e. The van der Waals surface area contributed by atoms with Crippen molar-refractivity contribution in [2.24, 2.45) is 0 Å². The largest absolute Gasteiger partial charge is 0.392 e. The standard InChI is InChI=1S/C6H15NO2/c1-3-4-6(7-9)5(2)8/h5-9H,3-4H2,1-2H3. The highest BCUT2D eigenvalue weighted by Gasteiger charge is 2.10. The maximum absolute atomic E-state index is 8.92. The van der Waals surface area contributed by atoms with Gasteiger partial charge in [0.1, 0.15) is 0 Å². The van der Waals surface area contributed by atoms with E-state index < -0.39 is 6.10 Å². The molecule has 2 atom stereocenters. The molecule has 0 aliphatic heterocycles. The summed E-state index contributed by atoms with van der Waals surface area (Å²) in [7, 11) is 0. The van der Waals surface area contributed by atoms with Crippen molar-refractivity contribution in [3.05, 3.63) is 0 Å². The highest BCUT2D eigenvalue weighted by molar-refractivity contribution is 4.66. The molecule has 3 nitrogen and oxygen atoms in total. The lowest BCUT2D eigenvalue weighted by molar-refractivity contribution is 0.0445. The predicted molar refractivity (Wildman–Crippen MR) is 35.3 cm³/mol. The Morgan fingerprint density at radius 3 is 2.22 bits per heavy atom. The lowest BCUT2D eigenvalue weighted by Gasteiger charge is -2.16. The van der Waals surface area contributed by atoms with E-state index in [4.69, 9.17) is 10.3 Å². The van der Waals surface area contributed by atoms with Crippen LogP contribution in [0.3, 0.4) is 0 Å². The first kappa shape index (κ1) is 8.88. The average molecular weight is 133 g/mol. The predicted octanol–water partition coefficient (Wildman–Crippen LogP) is 0.515. The van der Waals surface area contributed by atoms with Crippen LogP contribution in [0.1, 0.15) is 26.7 Å². The molecule has 0 aromatic heterocycles. The molecule has 0 amide bonds. The number of aliphatic hydroxyl groups is 1. The van der Waals surface area contributed by atoms with Gasteiger partial charge in [-0.1, -0.05) is 13.3 Å². The normalized spacial score (nSPS) is 17.3. The Labute approximate surface area is 55.7 Å². The van der Waals surface area contributed by atoms with Gasteiger partial charge in [0.25, 0.3) is 0 Å². The van der Waals surface area contributed by atoms with Crippen molar-refractivity contribution in [1.82, 2.24) is 5.48 Å². The van der Waals surface area contributed by atoms with E-state index in [9.17, 15) is 0 Å². The zero-order chi connectivity index (χ0) is 7.28. The molecule has 9 heavy (non-hydrogen) atoms. The smallest absolute Gasteiger partial charge is 0.0687 e. The Kier molecular flexibility index (Phi) is 4.67. The van der Waals surface area contributed by atoms with Crippen molar-refractivity contribution in [3.63, 3.8) is 0 Å². The molecule has 0 aliphatic rings. The lowest BCUT2D eigenvalue weighted by Crippen LogP contribution is -2.35. The van der Waals surface area contributed by atoms with Gasteiger partial charge in [-0.05, 0) is 13.3 Å². The van der Waals surface area contributed by atoms with E-state index in [0.29, 0.717) is 0 Å². The minimum Gasteiger partial charge on any atom is -0.392 e. The first-order chi connectivity index (χ1) is 4.22. The van der Waals surface area contributed by atoms with Gasteiger partial charge < -0.3 is 10.3 Å². The minimum atomic E-state index is -0.477. The van der Waals surface area contributed by atoms with E-state index in [0.717, 1.165) is 12.8 Å². The second kappa shape index (κ2) is 4.73. The van der Waals surface area contributed by atoms with Crippen molar-refractivity contribution in [3.8, 4) is 0 Å². The number of hydrogen-bond acceptors (Lipinski definition) is 3. The Bertz CT molecular complexity index is 66.1. The molecule has 0 aromatic rings. The van der Waals surface area contributed by atoms with Gasteiger partial charge in [-0.2, -0.15) is 5.48 Å². The molecule has 0 aliphatic carbocycles. The van der Waals surface area contributed by atoms with E-state index >= 15 is 0 Å². The second-order valence-corrected chi connectivity index (χ2v) is 2.26. The van der Waals surface area contributed by atoms with Gasteiger partial charge in [-0.25, -0.2) is 0 Å². The summed E-state index contributed by atoms with van der Waals surface area (Å²) in [4.78, 5) is 0. The molecule has 56 valence electrons. The van der Waals surface area contributed by atoms with Crippen LogP contribution in [-0.2, 0) is 0 Å². The summed E-state index contributed by atoms with van der Waals surface area (Å²) < 4.78 is 0. The van der Waals surface area contributed by atoms with E-state index in [2.05, 4.69) is 5.48 Å². The van der Waals surface area contributed by atoms with Crippen LogP contribution >= 0.6 is 0 Å². The third-order valence-corrected chi connectivity index (χ3v) is 1.35. The monoisotopic (exact) mass is 133 g/mol. The van der Waals surface area contributed by atoms with E-state index in [1.807, 2.05) is 6.92 Å². The summed E-state index contributed by atoms with van der Waals surface area (Å²) in [5.41, 5.74) is 2.05. The van der Waals surface area contributed by atoms with Gasteiger partial charge >= 0.3 is 0 Å². The van der Waals surface area contributed by atoms with E-state index in [-0.39, 0.29) is 6.04 Å². The lowest BCUT2D eigenvalue weighted by atomic mass is 10.1. The summed E-state index contributed by atoms with van der Waals surface area (Å²) in [6.45, 7) is 3.66. The maximum atomic E-state index is 8.92. The first-order valence-electron chi connectivity index (χ1n) is 3.30. The Morgan fingerprint density at radius 1 is 1.56 bits per heavy atom. The Balaban J connectivity index is 3.41. The molecule has 2 unspecified atom stereocenters. The molecule has 0 rings (SSSR count). The van der Waals surface area contributed by atoms with Crippen molar-refractivity contribution in [2.75, 3.05) is 0 Å². The first-order valence-corrected chi connectivity index (χ1v) is 3.30. The molecule has 0 spiro atoms. The van der Waals surface area contributed by atoms with Crippen molar-refractivity contribution >= 4 is 0 Å². The SMILES string of the molecule is CCCC(NO)C(C)O. The fraction of sp³-hybridized carbons (Fsp3) is 1.00. The van der Waals surface area contributed by atoms with Gasteiger partial charge in [0.2, 0.25) is 0 Å². The second-order valence-electron chi connectivity index (χ2n) is 2.26. The number of hydrogen-bond donors (Lipinski definition) is 3. The summed E-state index contributed by atoms with van der Waals surface area (Å²) in [5, 5.41) is 17.3. The molecular weight excluding hydrogens is 118 g/mol. The van der Waals surface area contributed by atoms with E-state index in [1.165, 1.54) is 0 Å². The van der Waals surface area contributed by atoms with Gasteiger partial charge in [0.05, 0.1) is 12.1 Å². The zero-order valence-corrected chi connectivity index (χ0v) is 5.96. The topological polar surface area (TPSA) is 52.5 Å². The van der Waals surface area contributed by atoms with Crippen LogP contribution in [0.25, 0.3) is 0 Å². The number of nitrogens with one attached hydrogen (secondary N) is 1. The highest BCUT2D eigenvalue weighted by Crippen LogP contribution is 1.99. The summed E-state index contributed by atoms with van der Waals surface area (Å²) in [5.74, 6) is 0. The molecule has 0 fully saturated rings.